The SMILES string of the molecule is [2H]C([2H])([2H])Oc1cc(-c2ccc(F)c(O)c2)ccn1. The number of aromatic hydroxyl groups is 1. The van der Waals surface area contributed by atoms with Crippen molar-refractivity contribution < 1.29 is 18.3 Å². The second kappa shape index (κ2) is 4.18. The summed E-state index contributed by atoms with van der Waals surface area (Å²) in [7, 11) is -2.59. The molecule has 0 aliphatic rings. The molecule has 3 nitrogen and oxygen atoms in total. The molecule has 0 radical (unpaired) electrons. The molecule has 0 bridgehead atoms. The Morgan fingerprint density at radius 3 is 2.88 bits per heavy atom. The van der Waals surface area contributed by atoms with E-state index in [0.29, 0.717) is 11.1 Å². The highest BCUT2D eigenvalue weighted by atomic mass is 19.1. The summed E-state index contributed by atoms with van der Waals surface area (Å²) < 4.78 is 38.6. The molecule has 0 amide bonds. The molecule has 0 aliphatic heterocycles. The van der Waals surface area contributed by atoms with Crippen LogP contribution in [0.2, 0.25) is 0 Å². The molecule has 0 saturated carbocycles. The fourth-order valence-electron chi connectivity index (χ4n) is 1.34. The summed E-state index contributed by atoms with van der Waals surface area (Å²) in [5.74, 6) is -1.27. The van der Waals surface area contributed by atoms with Crippen LogP contribution < -0.4 is 4.74 Å². The Bertz CT molecular complexity index is 602. The molecule has 0 aliphatic carbocycles. The first-order valence-corrected chi connectivity index (χ1v) is 4.49. The number of benzene rings is 1. The largest absolute Gasteiger partial charge is 0.505 e. The molecule has 16 heavy (non-hydrogen) atoms. The van der Waals surface area contributed by atoms with E-state index in [1.54, 1.807) is 6.07 Å². The van der Waals surface area contributed by atoms with Gasteiger partial charge in [-0.1, -0.05) is 6.07 Å². The van der Waals surface area contributed by atoms with Gasteiger partial charge in [0.05, 0.1) is 11.2 Å². The minimum atomic E-state index is -2.59. The van der Waals surface area contributed by atoms with Crippen molar-refractivity contribution in [2.75, 3.05) is 7.04 Å². The number of aromatic nitrogens is 1. The summed E-state index contributed by atoms with van der Waals surface area (Å²) in [5, 5.41) is 9.31. The third-order valence-electron chi connectivity index (χ3n) is 2.12. The fraction of sp³-hybridized carbons (Fsp3) is 0.0833. The molecule has 1 aromatic heterocycles. The highest BCUT2D eigenvalue weighted by Crippen LogP contribution is 2.26. The number of halogens is 1. The summed E-state index contributed by atoms with van der Waals surface area (Å²) >= 11 is 0. The van der Waals surface area contributed by atoms with Gasteiger partial charge in [0, 0.05) is 12.3 Å². The molecule has 2 rings (SSSR count). The van der Waals surface area contributed by atoms with Crippen molar-refractivity contribution in [1.29, 1.82) is 0 Å². The summed E-state index contributed by atoms with van der Waals surface area (Å²) in [6.45, 7) is 0. The molecule has 4 heteroatoms. The van der Waals surface area contributed by atoms with Gasteiger partial charge in [-0.25, -0.2) is 9.37 Å². The Hall–Kier alpha value is -2.10. The first-order valence-electron chi connectivity index (χ1n) is 5.99. The zero-order valence-electron chi connectivity index (χ0n) is 11.1. The molecular weight excluding hydrogens is 209 g/mol. The highest BCUT2D eigenvalue weighted by molar-refractivity contribution is 5.65. The van der Waals surface area contributed by atoms with Gasteiger partial charge in [0.15, 0.2) is 11.6 Å². The van der Waals surface area contributed by atoms with Gasteiger partial charge >= 0.3 is 0 Å². The molecular formula is C12H10FNO2. The molecule has 1 heterocycles. The van der Waals surface area contributed by atoms with Crippen LogP contribution in [-0.4, -0.2) is 17.1 Å². The van der Waals surface area contributed by atoms with Gasteiger partial charge in [0.2, 0.25) is 5.88 Å². The smallest absolute Gasteiger partial charge is 0.213 e. The highest BCUT2D eigenvalue weighted by Gasteiger charge is 2.04. The van der Waals surface area contributed by atoms with Crippen LogP contribution in [0, 0.1) is 5.82 Å². The van der Waals surface area contributed by atoms with E-state index in [9.17, 15) is 9.50 Å². The second-order valence-corrected chi connectivity index (χ2v) is 3.15. The lowest BCUT2D eigenvalue weighted by atomic mass is 10.1. The zero-order valence-corrected chi connectivity index (χ0v) is 8.14. The van der Waals surface area contributed by atoms with Gasteiger partial charge in [-0.05, 0) is 29.3 Å². The van der Waals surface area contributed by atoms with Crippen LogP contribution in [0.4, 0.5) is 4.39 Å². The number of hydrogen-bond acceptors (Lipinski definition) is 3. The topological polar surface area (TPSA) is 42.4 Å². The number of rotatable bonds is 2. The van der Waals surface area contributed by atoms with Crippen molar-refractivity contribution in [3.8, 4) is 22.8 Å². The van der Waals surface area contributed by atoms with Gasteiger partial charge in [0.1, 0.15) is 0 Å². The van der Waals surface area contributed by atoms with E-state index in [2.05, 4.69) is 9.72 Å². The maximum atomic E-state index is 13.0. The van der Waals surface area contributed by atoms with E-state index in [1.807, 2.05) is 0 Å². The average Bonchev–Trinajstić information content (AvgIpc) is 2.31. The Kier molecular flexibility index (Phi) is 1.89. The van der Waals surface area contributed by atoms with E-state index in [0.717, 1.165) is 6.07 Å². The van der Waals surface area contributed by atoms with Gasteiger partial charge in [-0.2, -0.15) is 0 Å². The maximum absolute atomic E-state index is 13.0. The van der Waals surface area contributed by atoms with Crippen LogP contribution in [0.1, 0.15) is 4.11 Å². The normalized spacial score (nSPS) is 13.7. The van der Waals surface area contributed by atoms with Gasteiger partial charge in [0.25, 0.3) is 0 Å². The number of methoxy groups -OCH3 is 1. The Balaban J connectivity index is 2.35. The predicted molar refractivity (Wildman–Crippen MR) is 57.8 cm³/mol. The van der Waals surface area contributed by atoms with E-state index >= 15 is 0 Å². The van der Waals surface area contributed by atoms with Crippen molar-refractivity contribution in [3.05, 3.63) is 42.3 Å². The van der Waals surface area contributed by atoms with E-state index < -0.39 is 18.6 Å². The van der Waals surface area contributed by atoms with Crippen molar-refractivity contribution in [1.82, 2.24) is 4.98 Å². The summed E-state index contributed by atoms with van der Waals surface area (Å²) in [5.41, 5.74) is 1.08. The lowest BCUT2D eigenvalue weighted by Gasteiger charge is -2.04. The van der Waals surface area contributed by atoms with Crippen LogP contribution in [0.5, 0.6) is 11.6 Å². The third kappa shape index (κ3) is 1.95. The van der Waals surface area contributed by atoms with Crippen molar-refractivity contribution in [2.45, 2.75) is 0 Å². The lowest BCUT2D eigenvalue weighted by molar-refractivity contribution is 0.398. The van der Waals surface area contributed by atoms with Crippen molar-refractivity contribution in [3.63, 3.8) is 0 Å². The number of pyridine rings is 1. The summed E-state index contributed by atoms with van der Waals surface area (Å²) in [4.78, 5) is 3.77. The first kappa shape index (κ1) is 7.22. The minimum absolute atomic E-state index is 0.0682. The van der Waals surface area contributed by atoms with E-state index in [1.165, 1.54) is 24.4 Å². The minimum Gasteiger partial charge on any atom is -0.505 e. The number of hydrogen-bond donors (Lipinski definition) is 1. The number of ether oxygens (including phenoxy) is 1. The quantitative estimate of drug-likeness (QED) is 0.849. The molecule has 2 aromatic rings. The van der Waals surface area contributed by atoms with E-state index in [4.69, 9.17) is 4.11 Å². The molecule has 1 N–H and O–H groups in total. The zero-order chi connectivity index (χ0) is 14.0. The number of phenols is 1. The van der Waals surface area contributed by atoms with Crippen LogP contribution in [0.15, 0.2) is 36.5 Å². The molecule has 1 aromatic carbocycles. The van der Waals surface area contributed by atoms with Crippen molar-refractivity contribution in [2.24, 2.45) is 0 Å². The molecule has 0 fully saturated rings. The Labute approximate surface area is 96.4 Å². The second-order valence-electron chi connectivity index (χ2n) is 3.15. The van der Waals surface area contributed by atoms with Crippen LogP contribution >= 0.6 is 0 Å². The monoisotopic (exact) mass is 222 g/mol. The molecule has 0 atom stereocenters. The van der Waals surface area contributed by atoms with Gasteiger partial charge in [-0.3, -0.25) is 0 Å². The van der Waals surface area contributed by atoms with Crippen LogP contribution in [-0.2, 0) is 0 Å². The predicted octanol–water partition coefficient (Wildman–Crippen LogP) is 2.60. The van der Waals surface area contributed by atoms with Crippen LogP contribution in [0.25, 0.3) is 11.1 Å². The molecule has 0 saturated heterocycles. The number of nitrogens with zero attached hydrogens (tertiary/aromatic N) is 1. The molecule has 82 valence electrons. The standard InChI is InChI=1S/C12H10FNO2/c1-16-12-7-9(4-5-14-12)8-2-3-10(13)11(15)6-8/h2-7,15H,1H3/i1D3. The van der Waals surface area contributed by atoms with Gasteiger partial charge < -0.3 is 9.84 Å². The Morgan fingerprint density at radius 2 is 2.12 bits per heavy atom. The third-order valence-corrected chi connectivity index (χ3v) is 2.12. The van der Waals surface area contributed by atoms with Crippen molar-refractivity contribution >= 4 is 0 Å². The number of phenolic OH excluding ortho intramolecular Hbond substituents is 1. The fourth-order valence-corrected chi connectivity index (χ4v) is 1.34. The lowest BCUT2D eigenvalue weighted by Crippen LogP contribution is -1.87. The molecule has 0 unspecified atom stereocenters. The Morgan fingerprint density at radius 1 is 1.31 bits per heavy atom. The maximum Gasteiger partial charge on any atom is 0.213 e. The summed E-state index contributed by atoms with van der Waals surface area (Å²) in [6, 6.07) is 6.82. The first-order chi connectivity index (χ1) is 8.85. The van der Waals surface area contributed by atoms with E-state index in [-0.39, 0.29) is 5.88 Å². The molecule has 0 spiro atoms. The summed E-state index contributed by atoms with van der Waals surface area (Å²) in [6.07, 6.45) is 1.37. The van der Waals surface area contributed by atoms with Gasteiger partial charge in [-0.15, -0.1) is 0 Å². The average molecular weight is 222 g/mol. The van der Waals surface area contributed by atoms with Crippen LogP contribution in [0.3, 0.4) is 0 Å².